The molecule has 0 amide bonds. The molecule has 0 atom stereocenters. The first-order valence-corrected chi connectivity index (χ1v) is 9.07. The van der Waals surface area contributed by atoms with Gasteiger partial charge in [-0.3, -0.25) is 0 Å². The van der Waals surface area contributed by atoms with Gasteiger partial charge in [-0.2, -0.15) is 26.3 Å². The topological polar surface area (TPSA) is 33.7 Å². The number of benzene rings is 1. The number of anilines is 1. The number of alkyl halides is 6. The summed E-state index contributed by atoms with van der Waals surface area (Å²) in [5.41, 5.74) is -4.71. The van der Waals surface area contributed by atoms with Crippen LogP contribution in [-0.2, 0) is 15.1 Å². The molecule has 0 aliphatic carbocycles. The molecule has 0 bridgehead atoms. The fourth-order valence-corrected chi connectivity index (χ4v) is 3.34. The molecule has 0 saturated carbocycles. The monoisotopic (exact) mass is 426 g/mol. The van der Waals surface area contributed by atoms with E-state index < -0.39 is 30.3 Å². The Kier molecular flexibility index (Phi) is 7.58. The van der Waals surface area contributed by atoms with Crippen molar-refractivity contribution in [1.82, 2.24) is 5.32 Å². The predicted octanol–water partition coefficient (Wildman–Crippen LogP) is 4.46. The van der Waals surface area contributed by atoms with Gasteiger partial charge in [0.1, 0.15) is 6.79 Å². The molecule has 1 aliphatic rings. The van der Waals surface area contributed by atoms with Gasteiger partial charge >= 0.3 is 12.4 Å². The van der Waals surface area contributed by atoms with Crippen LogP contribution in [0.25, 0.3) is 6.08 Å². The molecule has 1 aromatic carbocycles. The molecule has 1 fully saturated rings. The third-order valence-corrected chi connectivity index (χ3v) is 4.65. The van der Waals surface area contributed by atoms with E-state index in [1.165, 1.54) is 12.1 Å². The van der Waals surface area contributed by atoms with E-state index in [-0.39, 0.29) is 5.56 Å². The molecule has 4 nitrogen and oxygen atoms in total. The van der Waals surface area contributed by atoms with Crippen LogP contribution in [0, 0.1) is 0 Å². The van der Waals surface area contributed by atoms with E-state index in [1.807, 2.05) is 4.90 Å². The summed E-state index contributed by atoms with van der Waals surface area (Å²) in [6.45, 7) is 3.17. The number of halogens is 6. The van der Waals surface area contributed by atoms with E-state index in [0.717, 1.165) is 32.2 Å². The van der Waals surface area contributed by atoms with Crippen LogP contribution in [0.3, 0.4) is 0 Å². The van der Waals surface area contributed by atoms with E-state index in [9.17, 15) is 26.3 Å². The van der Waals surface area contributed by atoms with E-state index in [1.54, 1.807) is 13.0 Å². The maximum absolute atomic E-state index is 13.8. The van der Waals surface area contributed by atoms with Crippen LogP contribution in [0.1, 0.15) is 24.5 Å². The second-order valence-corrected chi connectivity index (χ2v) is 6.59. The van der Waals surface area contributed by atoms with Crippen molar-refractivity contribution in [3.05, 3.63) is 35.4 Å². The smallest absolute Gasteiger partial charge is 0.370 e. The van der Waals surface area contributed by atoms with Crippen LogP contribution in [0.15, 0.2) is 24.3 Å². The summed E-state index contributed by atoms with van der Waals surface area (Å²) >= 11 is 0. The highest BCUT2D eigenvalue weighted by Crippen LogP contribution is 2.53. The van der Waals surface area contributed by atoms with Crippen LogP contribution in [-0.4, -0.2) is 52.4 Å². The number of hydrogen-bond donors (Lipinski definition) is 1. The van der Waals surface area contributed by atoms with Crippen molar-refractivity contribution < 1.29 is 35.8 Å². The molecule has 1 heterocycles. The normalized spacial score (nSPS) is 17.0. The van der Waals surface area contributed by atoms with Gasteiger partial charge in [0.2, 0.25) is 0 Å². The van der Waals surface area contributed by atoms with Crippen molar-refractivity contribution in [3.63, 3.8) is 0 Å². The van der Waals surface area contributed by atoms with Gasteiger partial charge < -0.3 is 19.7 Å². The molecular weight excluding hydrogens is 402 g/mol. The summed E-state index contributed by atoms with van der Waals surface area (Å²) in [5.74, 6) is 0. The summed E-state index contributed by atoms with van der Waals surface area (Å²) in [4.78, 5) is 1.94. The number of nitrogens with zero attached hydrogens (tertiary/aromatic N) is 1. The number of allylic oxidation sites excluding steroid dienone is 1. The zero-order chi connectivity index (χ0) is 21.7. The summed E-state index contributed by atoms with van der Waals surface area (Å²) in [6.07, 6.45) is -7.62. The number of methoxy groups -OCH3 is 1. The Hall–Kier alpha value is -1.78. The average molecular weight is 426 g/mol. The molecule has 2 rings (SSSR count). The van der Waals surface area contributed by atoms with Crippen LogP contribution in [0.5, 0.6) is 0 Å². The summed E-state index contributed by atoms with van der Waals surface area (Å²) in [6, 6.07) is 3.01. The van der Waals surface area contributed by atoms with Crippen molar-refractivity contribution in [2.24, 2.45) is 0 Å². The number of hydrogen-bond acceptors (Lipinski definition) is 4. The highest BCUT2D eigenvalue weighted by molar-refractivity contribution is 5.69. The molecule has 0 unspecified atom stereocenters. The Balaban J connectivity index is 2.63. The lowest BCUT2D eigenvalue weighted by Gasteiger charge is -2.37. The summed E-state index contributed by atoms with van der Waals surface area (Å²) in [7, 11) is 0.958. The summed E-state index contributed by atoms with van der Waals surface area (Å²) in [5, 5.41) is 3.21. The number of nitrogens with one attached hydrogen (secondary N) is 1. The first-order chi connectivity index (χ1) is 13.6. The molecular formula is C19H24F6N2O2. The predicted molar refractivity (Wildman–Crippen MR) is 97.6 cm³/mol. The molecule has 1 aliphatic heterocycles. The fourth-order valence-electron chi connectivity index (χ4n) is 3.34. The van der Waals surface area contributed by atoms with Gasteiger partial charge in [0.25, 0.3) is 5.60 Å². The van der Waals surface area contributed by atoms with Gasteiger partial charge in [-0.05, 0) is 37.6 Å². The minimum atomic E-state index is -5.75. The van der Waals surface area contributed by atoms with Gasteiger partial charge in [0, 0.05) is 38.0 Å². The van der Waals surface area contributed by atoms with Crippen LogP contribution in [0.2, 0.25) is 0 Å². The van der Waals surface area contributed by atoms with E-state index in [0.29, 0.717) is 25.3 Å². The van der Waals surface area contributed by atoms with Crippen LogP contribution < -0.4 is 10.2 Å². The van der Waals surface area contributed by atoms with Crippen LogP contribution >= 0.6 is 0 Å². The third-order valence-electron chi connectivity index (χ3n) is 4.65. The van der Waals surface area contributed by atoms with Crippen LogP contribution in [0.4, 0.5) is 32.0 Å². The second kappa shape index (κ2) is 9.36. The second-order valence-electron chi connectivity index (χ2n) is 6.59. The maximum atomic E-state index is 13.8. The minimum Gasteiger partial charge on any atom is -0.370 e. The average Bonchev–Trinajstić information content (AvgIpc) is 2.90. The quantitative estimate of drug-likeness (QED) is 0.538. The first-order valence-electron chi connectivity index (χ1n) is 9.07. The number of rotatable bonds is 6. The SMILES string of the molecule is C/C=C\c1cc(C(OCOC)(C(F)(F)F)C(F)(F)F)ccc1N1CCCNCC1. The van der Waals surface area contributed by atoms with Gasteiger partial charge in [-0.1, -0.05) is 18.2 Å². The van der Waals surface area contributed by atoms with Gasteiger partial charge in [0.15, 0.2) is 0 Å². The molecule has 0 radical (unpaired) electrons. The zero-order valence-electron chi connectivity index (χ0n) is 16.2. The minimum absolute atomic E-state index is 0.255. The molecule has 1 N–H and O–H groups in total. The van der Waals surface area contributed by atoms with Gasteiger partial charge in [-0.25, -0.2) is 0 Å². The van der Waals surface area contributed by atoms with Crippen molar-refractivity contribution in [2.75, 3.05) is 45.0 Å². The van der Waals surface area contributed by atoms with Crippen molar-refractivity contribution in [2.45, 2.75) is 31.3 Å². The van der Waals surface area contributed by atoms with Crippen molar-refractivity contribution in [3.8, 4) is 0 Å². The summed E-state index contributed by atoms with van der Waals surface area (Å²) < 4.78 is 91.3. The molecule has 1 saturated heterocycles. The van der Waals surface area contributed by atoms with Crippen molar-refractivity contribution in [1.29, 1.82) is 0 Å². The first kappa shape index (κ1) is 23.5. The zero-order valence-corrected chi connectivity index (χ0v) is 16.2. The fraction of sp³-hybridized carbons (Fsp3) is 0.579. The number of ether oxygens (including phenoxy) is 2. The molecule has 0 spiro atoms. The Bertz CT molecular complexity index is 681. The van der Waals surface area contributed by atoms with E-state index in [4.69, 9.17) is 0 Å². The molecule has 164 valence electrons. The molecule has 10 heteroatoms. The van der Waals surface area contributed by atoms with Crippen molar-refractivity contribution >= 4 is 11.8 Å². The Morgan fingerprint density at radius 2 is 1.76 bits per heavy atom. The largest absolute Gasteiger partial charge is 0.430 e. The molecule has 0 aromatic heterocycles. The third kappa shape index (κ3) is 4.87. The highest BCUT2D eigenvalue weighted by Gasteiger charge is 2.73. The molecule has 29 heavy (non-hydrogen) atoms. The Morgan fingerprint density at radius 1 is 1.07 bits per heavy atom. The Morgan fingerprint density at radius 3 is 2.34 bits per heavy atom. The lowest BCUT2D eigenvalue weighted by atomic mass is 9.89. The van der Waals surface area contributed by atoms with E-state index in [2.05, 4.69) is 14.8 Å². The lowest BCUT2D eigenvalue weighted by molar-refractivity contribution is -0.400. The maximum Gasteiger partial charge on any atom is 0.430 e. The highest BCUT2D eigenvalue weighted by atomic mass is 19.4. The van der Waals surface area contributed by atoms with E-state index >= 15 is 0 Å². The molecule has 1 aromatic rings. The van der Waals surface area contributed by atoms with Gasteiger partial charge in [-0.15, -0.1) is 0 Å². The van der Waals surface area contributed by atoms with Gasteiger partial charge in [0.05, 0.1) is 0 Å². The standard InChI is InChI=1S/C19H24F6N2O2/c1-3-5-14-12-15(6-7-16(14)27-10-4-8-26-9-11-27)17(18(20,21)22,19(23,24)25)29-13-28-2/h3,5-7,12,26H,4,8-11,13H2,1-2H3/b5-3-. The Labute approximate surface area is 165 Å². The lowest BCUT2D eigenvalue weighted by Crippen LogP contribution is -2.56.